The van der Waals surface area contributed by atoms with Crippen LogP contribution in [0.3, 0.4) is 0 Å². The molecular formula is C17H19ClN2O3. The zero-order valence-corrected chi connectivity index (χ0v) is 13.7. The van der Waals surface area contributed by atoms with Gasteiger partial charge in [0.25, 0.3) is 0 Å². The fourth-order valence-electron chi connectivity index (χ4n) is 2.83. The monoisotopic (exact) mass is 334 g/mol. The molecule has 1 N–H and O–H groups in total. The van der Waals surface area contributed by atoms with Crippen molar-refractivity contribution in [2.75, 3.05) is 19.0 Å². The molecule has 0 aliphatic carbocycles. The van der Waals surface area contributed by atoms with Gasteiger partial charge in [0.05, 0.1) is 6.04 Å². The van der Waals surface area contributed by atoms with E-state index in [2.05, 4.69) is 5.32 Å². The van der Waals surface area contributed by atoms with E-state index in [1.165, 1.54) is 0 Å². The van der Waals surface area contributed by atoms with Crippen LogP contribution in [0.15, 0.2) is 40.8 Å². The number of hydrogen-bond donors (Lipinski definition) is 1. The zero-order chi connectivity index (χ0) is 16.2. The lowest BCUT2D eigenvalue weighted by Gasteiger charge is -2.23. The quantitative estimate of drug-likeness (QED) is 0.898. The molecule has 0 saturated carbocycles. The van der Waals surface area contributed by atoms with E-state index >= 15 is 0 Å². The molecule has 2 heterocycles. The molecule has 6 heteroatoms. The summed E-state index contributed by atoms with van der Waals surface area (Å²) in [5.74, 6) is 1.58. The molecule has 1 fully saturated rings. The van der Waals surface area contributed by atoms with Crippen molar-refractivity contribution in [3.05, 3.63) is 52.9 Å². The summed E-state index contributed by atoms with van der Waals surface area (Å²) >= 11 is 5.86. The number of furan rings is 1. The number of likely N-dealkylation sites (tertiary alicyclic amines) is 1. The van der Waals surface area contributed by atoms with Gasteiger partial charge in [-0.15, -0.1) is 0 Å². The van der Waals surface area contributed by atoms with Gasteiger partial charge in [-0.05, 0) is 49.2 Å². The predicted octanol–water partition coefficient (Wildman–Crippen LogP) is 4.45. The highest BCUT2D eigenvalue weighted by molar-refractivity contribution is 6.30. The third kappa shape index (κ3) is 3.68. The standard InChI is InChI=1S/C17H19ClN2O3/c1-22-11-14-8-9-16(23-14)15-3-2-10-20(15)17(21)19-13-6-4-12(18)5-7-13/h4-9,15H,2-3,10-11H2,1H3,(H,19,21)/t15-/m1/s1. The van der Waals surface area contributed by atoms with Gasteiger partial charge in [0.2, 0.25) is 0 Å². The molecule has 0 unspecified atom stereocenters. The zero-order valence-electron chi connectivity index (χ0n) is 12.9. The van der Waals surface area contributed by atoms with Crippen LogP contribution >= 0.6 is 11.6 Å². The fourth-order valence-corrected chi connectivity index (χ4v) is 2.95. The molecule has 23 heavy (non-hydrogen) atoms. The summed E-state index contributed by atoms with van der Waals surface area (Å²) in [5, 5.41) is 3.55. The maximum atomic E-state index is 12.5. The number of carbonyl (C=O) groups is 1. The van der Waals surface area contributed by atoms with Crippen LogP contribution in [0.5, 0.6) is 0 Å². The van der Waals surface area contributed by atoms with Crippen LogP contribution in [0.25, 0.3) is 0 Å². The molecule has 1 aliphatic heterocycles. The minimum Gasteiger partial charge on any atom is -0.461 e. The first-order valence-corrected chi connectivity index (χ1v) is 7.96. The molecule has 2 amide bonds. The number of hydrogen-bond acceptors (Lipinski definition) is 3. The first-order chi connectivity index (χ1) is 11.2. The number of rotatable bonds is 4. The Labute approximate surface area is 140 Å². The number of benzene rings is 1. The fraction of sp³-hybridized carbons (Fsp3) is 0.353. The average Bonchev–Trinajstić information content (AvgIpc) is 3.18. The summed E-state index contributed by atoms with van der Waals surface area (Å²) in [7, 11) is 1.63. The van der Waals surface area contributed by atoms with E-state index in [4.69, 9.17) is 20.8 Å². The van der Waals surface area contributed by atoms with Crippen LogP contribution in [-0.4, -0.2) is 24.6 Å². The number of anilines is 1. The van der Waals surface area contributed by atoms with Crippen molar-refractivity contribution in [2.24, 2.45) is 0 Å². The summed E-state index contributed by atoms with van der Waals surface area (Å²) < 4.78 is 10.9. The molecule has 122 valence electrons. The summed E-state index contributed by atoms with van der Waals surface area (Å²) in [6.07, 6.45) is 1.85. The molecule has 0 bridgehead atoms. The number of carbonyl (C=O) groups excluding carboxylic acids is 1. The van der Waals surface area contributed by atoms with E-state index in [0.29, 0.717) is 18.2 Å². The Bertz CT molecular complexity index is 669. The van der Waals surface area contributed by atoms with E-state index in [0.717, 1.165) is 30.0 Å². The van der Waals surface area contributed by atoms with Gasteiger partial charge in [-0.25, -0.2) is 4.79 Å². The number of nitrogens with zero attached hydrogens (tertiary/aromatic N) is 1. The van der Waals surface area contributed by atoms with Gasteiger partial charge in [0.1, 0.15) is 18.1 Å². The third-order valence-electron chi connectivity index (χ3n) is 3.91. The minimum atomic E-state index is -0.125. The van der Waals surface area contributed by atoms with Crippen molar-refractivity contribution in [3.63, 3.8) is 0 Å². The molecule has 1 aromatic heterocycles. The first kappa shape index (κ1) is 15.9. The SMILES string of the molecule is COCc1ccc([C@H]2CCCN2C(=O)Nc2ccc(Cl)cc2)o1. The third-order valence-corrected chi connectivity index (χ3v) is 4.16. The Morgan fingerprint density at radius 2 is 2.13 bits per heavy atom. The molecule has 0 spiro atoms. The number of halogens is 1. The molecule has 5 nitrogen and oxygen atoms in total. The lowest BCUT2D eigenvalue weighted by Crippen LogP contribution is -2.34. The molecule has 0 radical (unpaired) electrons. The summed E-state index contributed by atoms with van der Waals surface area (Å²) in [6, 6.07) is 10.7. The molecular weight excluding hydrogens is 316 g/mol. The molecule has 1 atom stereocenters. The van der Waals surface area contributed by atoms with Gasteiger partial charge in [0, 0.05) is 24.4 Å². The molecule has 1 aromatic carbocycles. The van der Waals surface area contributed by atoms with Gasteiger partial charge < -0.3 is 19.4 Å². The van der Waals surface area contributed by atoms with Gasteiger partial charge >= 0.3 is 6.03 Å². The number of ether oxygens (including phenoxy) is 1. The Hall–Kier alpha value is -1.98. The maximum Gasteiger partial charge on any atom is 0.322 e. The van der Waals surface area contributed by atoms with E-state index in [1.807, 2.05) is 17.0 Å². The molecule has 1 aliphatic rings. The van der Waals surface area contributed by atoms with Crippen molar-refractivity contribution < 1.29 is 13.9 Å². The van der Waals surface area contributed by atoms with Gasteiger partial charge in [0.15, 0.2) is 0 Å². The van der Waals surface area contributed by atoms with Crippen molar-refractivity contribution in [1.29, 1.82) is 0 Å². The predicted molar refractivity (Wildman–Crippen MR) is 88.6 cm³/mol. The summed E-state index contributed by atoms with van der Waals surface area (Å²) in [5.41, 5.74) is 0.726. The van der Waals surface area contributed by atoms with Crippen molar-refractivity contribution in [2.45, 2.75) is 25.5 Å². The van der Waals surface area contributed by atoms with Crippen LogP contribution in [0.1, 0.15) is 30.4 Å². The number of amides is 2. The smallest absolute Gasteiger partial charge is 0.322 e. The van der Waals surface area contributed by atoms with Crippen molar-refractivity contribution in [1.82, 2.24) is 4.90 Å². The Morgan fingerprint density at radius 3 is 2.87 bits per heavy atom. The van der Waals surface area contributed by atoms with Crippen LogP contribution in [0, 0.1) is 0 Å². The number of urea groups is 1. The lowest BCUT2D eigenvalue weighted by atomic mass is 10.2. The van der Waals surface area contributed by atoms with Crippen LogP contribution in [0.2, 0.25) is 5.02 Å². The number of nitrogens with one attached hydrogen (secondary N) is 1. The summed E-state index contributed by atoms with van der Waals surface area (Å²) in [4.78, 5) is 14.3. The van der Waals surface area contributed by atoms with E-state index in [9.17, 15) is 4.79 Å². The van der Waals surface area contributed by atoms with Gasteiger partial charge in [-0.1, -0.05) is 11.6 Å². The second kappa shape index (κ2) is 7.06. The first-order valence-electron chi connectivity index (χ1n) is 7.58. The molecule has 3 rings (SSSR count). The van der Waals surface area contributed by atoms with Crippen molar-refractivity contribution >= 4 is 23.3 Å². The Morgan fingerprint density at radius 1 is 1.35 bits per heavy atom. The van der Waals surface area contributed by atoms with Crippen LogP contribution in [-0.2, 0) is 11.3 Å². The van der Waals surface area contributed by atoms with Crippen LogP contribution in [0.4, 0.5) is 10.5 Å². The Kier molecular flexibility index (Phi) is 4.88. The summed E-state index contributed by atoms with van der Waals surface area (Å²) in [6.45, 7) is 1.15. The van der Waals surface area contributed by atoms with Crippen LogP contribution < -0.4 is 5.32 Å². The van der Waals surface area contributed by atoms with E-state index in [1.54, 1.807) is 31.4 Å². The largest absolute Gasteiger partial charge is 0.461 e. The van der Waals surface area contributed by atoms with E-state index in [-0.39, 0.29) is 12.1 Å². The highest BCUT2D eigenvalue weighted by Gasteiger charge is 2.32. The average molecular weight is 335 g/mol. The minimum absolute atomic E-state index is 0.0343. The second-order valence-electron chi connectivity index (χ2n) is 5.53. The molecule has 2 aromatic rings. The topological polar surface area (TPSA) is 54.7 Å². The second-order valence-corrected chi connectivity index (χ2v) is 5.96. The van der Waals surface area contributed by atoms with Gasteiger partial charge in [-0.3, -0.25) is 0 Å². The number of methoxy groups -OCH3 is 1. The van der Waals surface area contributed by atoms with Crippen molar-refractivity contribution in [3.8, 4) is 0 Å². The van der Waals surface area contributed by atoms with E-state index < -0.39 is 0 Å². The van der Waals surface area contributed by atoms with Gasteiger partial charge in [-0.2, -0.15) is 0 Å². The lowest BCUT2D eigenvalue weighted by molar-refractivity contribution is 0.157. The maximum absolute atomic E-state index is 12.5. The normalized spacial score (nSPS) is 17.5. The highest BCUT2D eigenvalue weighted by atomic mass is 35.5. The molecule has 1 saturated heterocycles. The Balaban J connectivity index is 1.70. The highest BCUT2D eigenvalue weighted by Crippen LogP contribution is 2.33.